The Labute approximate surface area is 152 Å². The quantitative estimate of drug-likeness (QED) is 0.694. The Bertz CT molecular complexity index is 820. The standard InChI is InChI=1S/C18H14BrNO3S/c1-23-15-8-7-13(9-14(15)19)10-16-17(21)20(18(22)24-16)11-12-5-3-2-4-6-12/h2-10H,11H2,1H3/b16-10-. The molecule has 0 spiro atoms. The molecule has 1 fully saturated rings. The van der Waals surface area contributed by atoms with E-state index in [9.17, 15) is 9.59 Å². The van der Waals surface area contributed by atoms with Gasteiger partial charge in [0, 0.05) is 0 Å². The first kappa shape index (κ1) is 16.8. The molecule has 0 aromatic heterocycles. The number of methoxy groups -OCH3 is 1. The van der Waals surface area contributed by atoms with Gasteiger partial charge in [-0.2, -0.15) is 0 Å². The zero-order chi connectivity index (χ0) is 17.1. The molecule has 0 N–H and O–H groups in total. The maximum Gasteiger partial charge on any atom is 0.293 e. The first-order valence-corrected chi connectivity index (χ1v) is 8.82. The molecule has 1 heterocycles. The van der Waals surface area contributed by atoms with Crippen LogP contribution in [0.25, 0.3) is 6.08 Å². The Hall–Kier alpha value is -2.05. The minimum atomic E-state index is -0.263. The largest absolute Gasteiger partial charge is 0.496 e. The Balaban J connectivity index is 1.82. The van der Waals surface area contributed by atoms with Crippen LogP contribution in [-0.2, 0) is 11.3 Å². The number of imide groups is 1. The zero-order valence-corrected chi connectivity index (χ0v) is 15.3. The van der Waals surface area contributed by atoms with Crippen LogP contribution in [0.5, 0.6) is 5.75 Å². The third-order valence-electron chi connectivity index (χ3n) is 3.53. The van der Waals surface area contributed by atoms with E-state index in [4.69, 9.17) is 4.74 Å². The summed E-state index contributed by atoms with van der Waals surface area (Å²) in [4.78, 5) is 26.4. The van der Waals surface area contributed by atoms with Crippen molar-refractivity contribution in [3.8, 4) is 5.75 Å². The SMILES string of the molecule is COc1ccc(/C=C2\SC(=O)N(Cc3ccccc3)C2=O)cc1Br. The fourth-order valence-corrected chi connectivity index (χ4v) is 3.72. The van der Waals surface area contributed by atoms with E-state index in [0.717, 1.165) is 27.4 Å². The van der Waals surface area contributed by atoms with Crippen molar-refractivity contribution in [1.82, 2.24) is 4.90 Å². The van der Waals surface area contributed by atoms with E-state index in [0.29, 0.717) is 10.7 Å². The number of hydrogen-bond donors (Lipinski definition) is 0. The van der Waals surface area contributed by atoms with Crippen LogP contribution in [0, 0.1) is 0 Å². The summed E-state index contributed by atoms with van der Waals surface area (Å²) in [6.45, 7) is 0.287. The van der Waals surface area contributed by atoms with Crippen molar-refractivity contribution in [1.29, 1.82) is 0 Å². The van der Waals surface area contributed by atoms with Gasteiger partial charge in [0.1, 0.15) is 5.75 Å². The number of rotatable bonds is 4. The molecule has 0 bridgehead atoms. The summed E-state index contributed by atoms with van der Waals surface area (Å²) in [5.41, 5.74) is 1.75. The molecule has 1 aliphatic heterocycles. The van der Waals surface area contributed by atoms with E-state index in [1.807, 2.05) is 48.5 Å². The smallest absolute Gasteiger partial charge is 0.293 e. The lowest BCUT2D eigenvalue weighted by molar-refractivity contribution is -0.123. The molecule has 0 aliphatic carbocycles. The summed E-state index contributed by atoms with van der Waals surface area (Å²) < 4.78 is 5.98. The number of thioether (sulfide) groups is 1. The molecule has 122 valence electrons. The van der Waals surface area contributed by atoms with Gasteiger partial charge in [-0.25, -0.2) is 0 Å². The molecule has 0 atom stereocenters. The van der Waals surface area contributed by atoms with Gasteiger partial charge in [-0.3, -0.25) is 14.5 Å². The molecule has 0 saturated carbocycles. The average Bonchev–Trinajstić information content (AvgIpc) is 2.84. The van der Waals surface area contributed by atoms with Gasteiger partial charge in [0.05, 0.1) is 23.0 Å². The number of nitrogens with zero attached hydrogens (tertiary/aromatic N) is 1. The molecule has 2 aromatic carbocycles. The molecule has 24 heavy (non-hydrogen) atoms. The molecular weight excluding hydrogens is 390 g/mol. The Morgan fingerprint density at radius 1 is 1.17 bits per heavy atom. The first-order valence-electron chi connectivity index (χ1n) is 7.21. The number of amides is 2. The molecule has 2 amide bonds. The van der Waals surface area contributed by atoms with E-state index < -0.39 is 0 Å². The normalized spacial score (nSPS) is 16.1. The summed E-state index contributed by atoms with van der Waals surface area (Å²) >= 11 is 4.38. The highest BCUT2D eigenvalue weighted by Crippen LogP contribution is 2.34. The van der Waals surface area contributed by atoms with Gasteiger partial charge < -0.3 is 4.74 Å². The minimum absolute atomic E-state index is 0.248. The maximum absolute atomic E-state index is 12.5. The molecule has 2 aromatic rings. The highest BCUT2D eigenvalue weighted by molar-refractivity contribution is 9.10. The Kier molecular flexibility index (Phi) is 5.06. The number of benzene rings is 2. The van der Waals surface area contributed by atoms with Gasteiger partial charge in [0.2, 0.25) is 0 Å². The van der Waals surface area contributed by atoms with Crippen LogP contribution in [0.2, 0.25) is 0 Å². The highest BCUT2D eigenvalue weighted by Gasteiger charge is 2.34. The lowest BCUT2D eigenvalue weighted by Gasteiger charge is -2.12. The van der Waals surface area contributed by atoms with Gasteiger partial charge in [0.25, 0.3) is 11.1 Å². The fraction of sp³-hybridized carbons (Fsp3) is 0.111. The summed E-state index contributed by atoms with van der Waals surface area (Å²) in [6.07, 6.45) is 1.72. The monoisotopic (exact) mass is 403 g/mol. The van der Waals surface area contributed by atoms with E-state index in [1.165, 1.54) is 4.90 Å². The van der Waals surface area contributed by atoms with Crippen molar-refractivity contribution in [3.05, 3.63) is 69.0 Å². The van der Waals surface area contributed by atoms with Gasteiger partial charge in [-0.05, 0) is 57.0 Å². The topological polar surface area (TPSA) is 46.6 Å². The van der Waals surface area contributed by atoms with Gasteiger partial charge in [0.15, 0.2) is 0 Å². The van der Waals surface area contributed by atoms with Gasteiger partial charge in [-0.15, -0.1) is 0 Å². The van der Waals surface area contributed by atoms with E-state index in [-0.39, 0.29) is 17.7 Å². The summed E-state index contributed by atoms with van der Waals surface area (Å²) in [7, 11) is 1.59. The van der Waals surface area contributed by atoms with Gasteiger partial charge in [-0.1, -0.05) is 36.4 Å². The second-order valence-corrected chi connectivity index (χ2v) is 6.99. The number of carbonyl (C=O) groups is 2. The molecule has 1 aliphatic rings. The van der Waals surface area contributed by atoms with E-state index >= 15 is 0 Å². The van der Waals surface area contributed by atoms with E-state index in [1.54, 1.807) is 13.2 Å². The molecule has 6 heteroatoms. The van der Waals surface area contributed by atoms with E-state index in [2.05, 4.69) is 15.9 Å². The predicted octanol–water partition coefficient (Wildman–Crippen LogP) is 4.69. The zero-order valence-electron chi connectivity index (χ0n) is 12.9. The van der Waals surface area contributed by atoms with Crippen LogP contribution in [-0.4, -0.2) is 23.2 Å². The summed E-state index contributed by atoms with van der Waals surface area (Å²) in [5.74, 6) is 0.449. The third kappa shape index (κ3) is 3.55. The lowest BCUT2D eigenvalue weighted by atomic mass is 10.2. The number of hydrogen-bond acceptors (Lipinski definition) is 4. The van der Waals surface area contributed by atoms with Crippen LogP contribution in [0.15, 0.2) is 57.9 Å². The van der Waals surface area contributed by atoms with Crippen LogP contribution in [0.3, 0.4) is 0 Å². The first-order chi connectivity index (χ1) is 11.6. The molecule has 0 unspecified atom stereocenters. The van der Waals surface area contributed by atoms with Crippen molar-refractivity contribution in [2.75, 3.05) is 7.11 Å². The average molecular weight is 404 g/mol. The number of ether oxygens (including phenoxy) is 1. The van der Waals surface area contributed by atoms with Crippen molar-refractivity contribution < 1.29 is 14.3 Å². The second-order valence-electron chi connectivity index (χ2n) is 5.15. The van der Waals surface area contributed by atoms with Crippen LogP contribution >= 0.6 is 27.7 Å². The third-order valence-corrected chi connectivity index (χ3v) is 5.06. The highest BCUT2D eigenvalue weighted by atomic mass is 79.9. The number of carbonyl (C=O) groups excluding carboxylic acids is 2. The molecule has 1 saturated heterocycles. The summed E-state index contributed by atoms with van der Waals surface area (Å²) in [6, 6.07) is 15.0. The fourth-order valence-electron chi connectivity index (χ4n) is 2.33. The Morgan fingerprint density at radius 2 is 1.92 bits per heavy atom. The molecule has 4 nitrogen and oxygen atoms in total. The molecule has 3 rings (SSSR count). The van der Waals surface area contributed by atoms with Crippen LogP contribution in [0.4, 0.5) is 4.79 Å². The second kappa shape index (κ2) is 7.23. The van der Waals surface area contributed by atoms with Crippen molar-refractivity contribution in [2.24, 2.45) is 0 Å². The maximum atomic E-state index is 12.5. The molecular formula is C18H14BrNO3S. The van der Waals surface area contributed by atoms with Crippen molar-refractivity contribution in [2.45, 2.75) is 6.54 Å². The van der Waals surface area contributed by atoms with Gasteiger partial charge >= 0.3 is 0 Å². The Morgan fingerprint density at radius 3 is 2.58 bits per heavy atom. The predicted molar refractivity (Wildman–Crippen MR) is 98.7 cm³/mol. The summed E-state index contributed by atoms with van der Waals surface area (Å²) in [5, 5.41) is -0.248. The number of halogens is 1. The lowest BCUT2D eigenvalue weighted by Crippen LogP contribution is -2.27. The van der Waals surface area contributed by atoms with Crippen molar-refractivity contribution in [3.63, 3.8) is 0 Å². The van der Waals surface area contributed by atoms with Crippen LogP contribution < -0.4 is 4.74 Å². The molecule has 0 radical (unpaired) electrons. The minimum Gasteiger partial charge on any atom is -0.496 e. The van der Waals surface area contributed by atoms with Crippen molar-refractivity contribution >= 4 is 44.9 Å². The van der Waals surface area contributed by atoms with Crippen LogP contribution in [0.1, 0.15) is 11.1 Å².